The van der Waals surface area contributed by atoms with Crippen LogP contribution in [0.2, 0.25) is 0 Å². The van der Waals surface area contributed by atoms with Crippen LogP contribution < -0.4 is 26.6 Å². The first kappa shape index (κ1) is 84.8. The van der Waals surface area contributed by atoms with E-state index in [9.17, 15) is 38.7 Å². The average Bonchev–Trinajstić information content (AvgIpc) is 0.763. The molecule has 25 nitrogen and oxygen atoms in total. The van der Waals surface area contributed by atoms with Crippen molar-refractivity contribution in [1.29, 1.82) is 0 Å². The van der Waals surface area contributed by atoms with Gasteiger partial charge in [-0.1, -0.05) is 109 Å². The highest BCUT2D eigenvalue weighted by atomic mass is 16.5. The van der Waals surface area contributed by atoms with E-state index < -0.39 is 161 Å². The van der Waals surface area contributed by atoms with Gasteiger partial charge in [0.15, 0.2) is 0 Å². The molecular weight excluding hydrogens is 1190 g/mol. The summed E-state index contributed by atoms with van der Waals surface area (Å²) in [6, 6.07) is -11.5. The minimum Gasteiger partial charge on any atom is -0.390 e. The Balaban J connectivity index is 4.59. The summed E-state index contributed by atoms with van der Waals surface area (Å²) >= 11 is 0. The number of carbonyl (C=O) groups excluding carboxylic acids is 11. The van der Waals surface area contributed by atoms with Crippen LogP contribution in [0.15, 0.2) is 12.2 Å². The van der Waals surface area contributed by atoms with E-state index in [2.05, 4.69) is 26.6 Å². The van der Waals surface area contributed by atoms with Crippen molar-refractivity contribution < 1.29 is 62.6 Å². The molecule has 0 aromatic heterocycles. The number of carbonyl (C=O) groups is 11. The zero-order chi connectivity index (χ0) is 72.2. The Hall–Kier alpha value is -6.21. The maximum Gasteiger partial charge on any atom is 0.276 e. The molecule has 25 heteroatoms. The molecule has 0 spiro atoms. The Morgan fingerprint density at radius 2 is 1.02 bits per heavy atom. The Bertz CT molecular complexity index is 2550. The molecule has 12 atom stereocenters. The van der Waals surface area contributed by atoms with Gasteiger partial charge in [-0.2, -0.15) is 0 Å². The second kappa shape index (κ2) is 37.8. The zero-order valence-corrected chi connectivity index (χ0v) is 61.8. The lowest BCUT2D eigenvalue weighted by atomic mass is 9.89. The van der Waals surface area contributed by atoms with E-state index in [1.165, 1.54) is 82.8 Å². The molecule has 1 aliphatic heterocycles. The molecule has 11 amide bonds. The number of amides is 11. The van der Waals surface area contributed by atoms with Gasteiger partial charge in [0.2, 0.25) is 64.8 Å². The van der Waals surface area contributed by atoms with E-state index in [1.807, 2.05) is 76.2 Å². The highest BCUT2D eigenvalue weighted by Crippen LogP contribution is 2.33. The van der Waals surface area contributed by atoms with Crippen LogP contribution >= 0.6 is 0 Å². The Kier molecular flexibility index (Phi) is 34.4. The van der Waals surface area contributed by atoms with Crippen molar-refractivity contribution in [2.75, 3.05) is 69.0 Å². The van der Waals surface area contributed by atoms with Gasteiger partial charge in [0.25, 0.3) is 5.91 Å². The summed E-state index contributed by atoms with van der Waals surface area (Å²) in [5.41, 5.74) is -2.67. The summed E-state index contributed by atoms with van der Waals surface area (Å²) in [6.45, 7) is 35.0. The second-order valence-corrected chi connectivity index (χ2v) is 29.2. The lowest BCUT2D eigenvalue weighted by Crippen LogP contribution is -2.70. The van der Waals surface area contributed by atoms with Gasteiger partial charge in [-0.3, -0.25) is 52.7 Å². The number of hydrogen-bond donors (Lipinski definition) is 6. The summed E-state index contributed by atoms with van der Waals surface area (Å²) in [5.74, 6) is -10.7. The van der Waals surface area contributed by atoms with Crippen LogP contribution in [0.5, 0.6) is 0 Å². The van der Waals surface area contributed by atoms with Crippen LogP contribution in [0.1, 0.15) is 177 Å². The SMILES string of the molecule is C/C=C/C[C@@H](C)[C@@H](O)[C@H]1C(=O)N[C@@H](CC)C(=O)N(C)CC(=O)N(C)[C@@H](CC(C)C)C(=O)N[C@@H](C(C)C)C(=O)N(C)[C@@H](CC(C)C)C(=O)N[C@@H](C)C(=O)N[C@H](C)C(=O)N(C)[C@@H](CC(C)C)C(=O)N(C)[C@@H](CC(C)C)C(=O)N(C)[C@](OCCNC(C)(C)C)(C(C)C)C(=O)N1C. The van der Waals surface area contributed by atoms with Crippen molar-refractivity contribution in [1.82, 2.24) is 60.9 Å². The first-order chi connectivity index (χ1) is 42.8. The van der Waals surface area contributed by atoms with Crippen LogP contribution in [-0.2, 0) is 57.5 Å². The van der Waals surface area contributed by atoms with E-state index >= 15 is 19.2 Å². The predicted octanol–water partition coefficient (Wildman–Crippen LogP) is 4.00. The fourth-order valence-corrected chi connectivity index (χ4v) is 11.6. The van der Waals surface area contributed by atoms with Crippen molar-refractivity contribution >= 4 is 65.0 Å². The fraction of sp³-hybridized carbons (Fsp3) is 0.809. The molecule has 93 heavy (non-hydrogen) atoms. The van der Waals surface area contributed by atoms with Gasteiger partial charge in [-0.25, -0.2) is 0 Å². The molecule has 0 unspecified atom stereocenters. The Morgan fingerprint density at radius 1 is 0.570 bits per heavy atom. The normalized spacial score (nSPS) is 26.6. The van der Waals surface area contributed by atoms with Crippen LogP contribution in [0.3, 0.4) is 0 Å². The lowest BCUT2D eigenvalue weighted by Gasteiger charge is -2.48. The fourth-order valence-electron chi connectivity index (χ4n) is 11.6. The number of hydrogen-bond acceptors (Lipinski definition) is 14. The smallest absolute Gasteiger partial charge is 0.276 e. The molecule has 1 aliphatic rings. The van der Waals surface area contributed by atoms with E-state index in [0.29, 0.717) is 0 Å². The highest BCUT2D eigenvalue weighted by Gasteiger charge is 2.55. The monoisotopic (exact) mass is 1320 g/mol. The molecule has 0 bridgehead atoms. The van der Waals surface area contributed by atoms with Crippen LogP contribution in [0, 0.1) is 41.4 Å². The van der Waals surface area contributed by atoms with Crippen molar-refractivity contribution in [3.8, 4) is 0 Å². The molecule has 6 N–H and O–H groups in total. The summed E-state index contributed by atoms with van der Waals surface area (Å²) in [5, 5.41) is 26.8. The first-order valence-corrected chi connectivity index (χ1v) is 33.5. The molecule has 1 fully saturated rings. The summed E-state index contributed by atoms with van der Waals surface area (Å²) in [6.07, 6.45) is 2.72. The first-order valence-electron chi connectivity index (χ1n) is 33.5. The molecule has 0 saturated carbocycles. The number of nitrogens with zero attached hydrogens (tertiary/aromatic N) is 7. The minimum absolute atomic E-state index is 0.0136. The molecule has 1 heterocycles. The second-order valence-electron chi connectivity index (χ2n) is 29.2. The molecule has 1 saturated heterocycles. The number of likely N-dealkylation sites (N-methyl/N-ethyl adjacent to an activating group) is 7. The molecule has 0 aromatic rings. The summed E-state index contributed by atoms with van der Waals surface area (Å²) in [4.78, 5) is 172. The quantitative estimate of drug-likeness (QED) is 0.0788. The molecular formula is C68H124N12O13. The van der Waals surface area contributed by atoms with Crippen LogP contribution in [0.25, 0.3) is 0 Å². The van der Waals surface area contributed by atoms with Gasteiger partial charge in [-0.05, 0) is 116 Å². The standard InChI is InChI=1S/C68H124N12O13/c1-28-30-31-45(15)56(82)55-60(86)72-48(29-2)62(88)74(21)38-53(81)75(22)49(34-39(3)4)59(85)73-54(43(11)12)65(91)76(23)50(35-40(5)6)58(84)70-46(16)57(83)71-47(17)61(87)77(24)51(36-41(7)8)63(89)78(25)52(37-42(9)10)64(90)80(27)68(44(13)14,66(92)79(55)26)93-33-32-69-67(18,19)20/h28,30,39-52,54-56,69,82H,29,31-38H2,1-27H3,(H,70,84)(H,71,83)(H,72,86)(H,73,85)/b30-28+/t45-,46+,47-,48+,49+,50+,51+,52+,54+,55+,56-,68+/m1/s1. The van der Waals surface area contributed by atoms with Gasteiger partial charge in [0.05, 0.1) is 19.3 Å². The molecule has 1 rings (SSSR count). The molecule has 534 valence electrons. The predicted molar refractivity (Wildman–Crippen MR) is 361 cm³/mol. The average molecular weight is 1320 g/mol. The number of ether oxygens (including phenoxy) is 1. The number of aliphatic hydroxyl groups excluding tert-OH is 1. The third-order valence-corrected chi connectivity index (χ3v) is 17.4. The van der Waals surface area contributed by atoms with Crippen molar-refractivity contribution in [2.45, 2.75) is 249 Å². The van der Waals surface area contributed by atoms with E-state index in [1.54, 1.807) is 60.6 Å². The van der Waals surface area contributed by atoms with Gasteiger partial charge < -0.3 is 70.7 Å². The third kappa shape index (κ3) is 23.9. The summed E-state index contributed by atoms with van der Waals surface area (Å²) in [7, 11) is 9.81. The highest BCUT2D eigenvalue weighted by molar-refractivity contribution is 6.00. The molecule has 0 radical (unpaired) electrons. The van der Waals surface area contributed by atoms with E-state index in [4.69, 9.17) is 4.74 Å². The third-order valence-electron chi connectivity index (χ3n) is 17.4. The van der Waals surface area contributed by atoms with Crippen LogP contribution in [-0.4, -0.2) is 245 Å². The maximum atomic E-state index is 16.1. The number of allylic oxidation sites excluding steroid dienone is 2. The topological polar surface area (TPSA) is 300 Å². The number of aliphatic hydroxyl groups is 1. The van der Waals surface area contributed by atoms with Gasteiger partial charge >= 0.3 is 0 Å². The van der Waals surface area contributed by atoms with Crippen molar-refractivity contribution in [3.05, 3.63) is 12.2 Å². The Labute approximate surface area is 557 Å². The van der Waals surface area contributed by atoms with Crippen LogP contribution in [0.4, 0.5) is 0 Å². The van der Waals surface area contributed by atoms with E-state index in [-0.39, 0.29) is 75.3 Å². The van der Waals surface area contributed by atoms with Gasteiger partial charge in [0.1, 0.15) is 54.4 Å². The largest absolute Gasteiger partial charge is 0.390 e. The minimum atomic E-state index is -2.26. The van der Waals surface area contributed by atoms with Gasteiger partial charge in [0, 0.05) is 67.3 Å². The van der Waals surface area contributed by atoms with Crippen molar-refractivity contribution in [2.24, 2.45) is 41.4 Å². The maximum absolute atomic E-state index is 16.1. The number of rotatable bonds is 19. The Morgan fingerprint density at radius 3 is 1.48 bits per heavy atom. The van der Waals surface area contributed by atoms with Gasteiger partial charge in [-0.15, -0.1) is 0 Å². The number of nitrogens with one attached hydrogen (secondary N) is 5. The van der Waals surface area contributed by atoms with E-state index in [0.717, 1.165) is 14.7 Å². The molecule has 0 aliphatic carbocycles. The van der Waals surface area contributed by atoms with Crippen molar-refractivity contribution in [3.63, 3.8) is 0 Å². The zero-order valence-electron chi connectivity index (χ0n) is 61.8. The lowest BCUT2D eigenvalue weighted by molar-refractivity contribution is -0.208. The summed E-state index contributed by atoms with van der Waals surface area (Å²) < 4.78 is 6.77. The molecule has 0 aromatic carbocycles.